The summed E-state index contributed by atoms with van der Waals surface area (Å²) in [5.41, 5.74) is -1.37. The second-order valence-corrected chi connectivity index (χ2v) is 5.64. The molecule has 0 aromatic heterocycles. The van der Waals surface area contributed by atoms with Crippen molar-refractivity contribution in [1.29, 1.82) is 0 Å². The maximum Gasteiger partial charge on any atom is 0.416 e. The summed E-state index contributed by atoms with van der Waals surface area (Å²) in [4.78, 5) is 0. The SMILES string of the molecule is NS(=O)(=O)Cc1ccc(Br)cc1C(F)(F)F. The zero-order valence-corrected chi connectivity index (χ0v) is 10.2. The Hall–Kier alpha value is -0.600. The van der Waals surface area contributed by atoms with Gasteiger partial charge < -0.3 is 0 Å². The highest BCUT2D eigenvalue weighted by atomic mass is 79.9. The molecule has 0 saturated heterocycles. The molecule has 1 rings (SSSR count). The van der Waals surface area contributed by atoms with Crippen LogP contribution in [0.3, 0.4) is 0 Å². The lowest BCUT2D eigenvalue weighted by molar-refractivity contribution is -0.138. The minimum atomic E-state index is -4.61. The van der Waals surface area contributed by atoms with Crippen LogP contribution in [0.25, 0.3) is 0 Å². The Kier molecular flexibility index (Phi) is 3.65. The average Bonchev–Trinajstić information content (AvgIpc) is 2.04. The third kappa shape index (κ3) is 3.76. The third-order valence-corrected chi connectivity index (χ3v) is 2.94. The molecule has 0 aliphatic heterocycles. The van der Waals surface area contributed by atoms with Gasteiger partial charge in [0, 0.05) is 4.47 Å². The van der Waals surface area contributed by atoms with Crippen molar-refractivity contribution in [3.8, 4) is 0 Å². The van der Waals surface area contributed by atoms with E-state index in [9.17, 15) is 21.6 Å². The molecule has 0 radical (unpaired) electrons. The Bertz CT molecular complexity index is 498. The summed E-state index contributed by atoms with van der Waals surface area (Å²) in [6, 6.07) is 3.23. The van der Waals surface area contributed by atoms with Gasteiger partial charge in [-0.15, -0.1) is 0 Å². The van der Waals surface area contributed by atoms with E-state index in [1.54, 1.807) is 0 Å². The van der Waals surface area contributed by atoms with E-state index in [0.29, 0.717) is 0 Å². The molecule has 16 heavy (non-hydrogen) atoms. The summed E-state index contributed by atoms with van der Waals surface area (Å²) in [6.45, 7) is 0. The van der Waals surface area contributed by atoms with Gasteiger partial charge in [0.05, 0.1) is 11.3 Å². The van der Waals surface area contributed by atoms with Gasteiger partial charge in [0.25, 0.3) is 0 Å². The number of alkyl halides is 3. The standard InChI is InChI=1S/C8H7BrF3NO2S/c9-6-2-1-5(4-16(13,14)15)7(3-6)8(10,11)12/h1-3H,4H2,(H2,13,14,15). The largest absolute Gasteiger partial charge is 0.416 e. The molecule has 0 amide bonds. The fraction of sp³-hybridized carbons (Fsp3) is 0.250. The minimum absolute atomic E-state index is 0.220. The third-order valence-electron chi connectivity index (χ3n) is 1.73. The van der Waals surface area contributed by atoms with Gasteiger partial charge in [-0.25, -0.2) is 13.6 Å². The van der Waals surface area contributed by atoms with Crippen LogP contribution in [0.15, 0.2) is 22.7 Å². The van der Waals surface area contributed by atoms with Crippen molar-refractivity contribution in [2.75, 3.05) is 0 Å². The molecule has 0 atom stereocenters. The number of primary sulfonamides is 1. The van der Waals surface area contributed by atoms with Crippen molar-refractivity contribution in [3.63, 3.8) is 0 Å². The van der Waals surface area contributed by atoms with E-state index in [1.165, 1.54) is 6.07 Å². The fourth-order valence-corrected chi connectivity index (χ4v) is 2.20. The molecule has 3 nitrogen and oxygen atoms in total. The van der Waals surface area contributed by atoms with E-state index in [1.807, 2.05) is 0 Å². The Labute approximate surface area is 98.6 Å². The molecule has 90 valence electrons. The first-order valence-corrected chi connectivity index (χ1v) is 6.46. The van der Waals surface area contributed by atoms with Crippen LogP contribution < -0.4 is 5.14 Å². The molecule has 1 aromatic rings. The van der Waals surface area contributed by atoms with Gasteiger partial charge in [-0.3, -0.25) is 0 Å². The van der Waals surface area contributed by atoms with Crippen molar-refractivity contribution in [3.05, 3.63) is 33.8 Å². The minimum Gasteiger partial charge on any atom is -0.228 e. The van der Waals surface area contributed by atoms with Gasteiger partial charge in [0.15, 0.2) is 0 Å². The summed E-state index contributed by atoms with van der Waals surface area (Å²) in [5.74, 6) is -0.838. The second kappa shape index (κ2) is 4.34. The predicted octanol–water partition coefficient (Wildman–Crippen LogP) is 2.26. The first-order chi connectivity index (χ1) is 7.09. The number of hydrogen-bond donors (Lipinski definition) is 1. The van der Waals surface area contributed by atoms with E-state index in [2.05, 4.69) is 15.9 Å². The van der Waals surface area contributed by atoms with Gasteiger partial charge in [0.2, 0.25) is 10.0 Å². The summed E-state index contributed by atoms with van der Waals surface area (Å²) in [5, 5.41) is 4.71. The molecule has 0 unspecified atom stereocenters. The van der Waals surface area contributed by atoms with Crippen LogP contribution in [0.4, 0.5) is 13.2 Å². The highest BCUT2D eigenvalue weighted by Gasteiger charge is 2.34. The lowest BCUT2D eigenvalue weighted by atomic mass is 10.1. The van der Waals surface area contributed by atoms with Crippen molar-refractivity contribution in [2.45, 2.75) is 11.9 Å². The van der Waals surface area contributed by atoms with Crippen molar-refractivity contribution < 1.29 is 21.6 Å². The molecular formula is C8H7BrF3NO2S. The molecular weight excluding hydrogens is 311 g/mol. The van der Waals surface area contributed by atoms with E-state index < -0.39 is 27.5 Å². The molecule has 0 aliphatic carbocycles. The van der Waals surface area contributed by atoms with E-state index >= 15 is 0 Å². The number of benzene rings is 1. The molecule has 0 bridgehead atoms. The molecule has 0 saturated carbocycles. The van der Waals surface area contributed by atoms with Gasteiger partial charge in [-0.2, -0.15) is 13.2 Å². The lowest BCUT2D eigenvalue weighted by Crippen LogP contribution is -2.18. The Morgan fingerprint density at radius 2 is 1.88 bits per heavy atom. The molecule has 8 heteroatoms. The molecule has 0 fully saturated rings. The predicted molar refractivity (Wildman–Crippen MR) is 56.0 cm³/mol. The smallest absolute Gasteiger partial charge is 0.228 e. The number of sulfonamides is 1. The topological polar surface area (TPSA) is 60.2 Å². The second-order valence-electron chi connectivity index (χ2n) is 3.11. The molecule has 2 N–H and O–H groups in total. The number of hydrogen-bond acceptors (Lipinski definition) is 2. The first-order valence-electron chi connectivity index (χ1n) is 3.96. The highest BCUT2D eigenvalue weighted by Crippen LogP contribution is 2.34. The van der Waals surface area contributed by atoms with Crippen molar-refractivity contribution in [2.24, 2.45) is 5.14 Å². The molecule has 0 spiro atoms. The van der Waals surface area contributed by atoms with Crippen LogP contribution in [0.2, 0.25) is 0 Å². The average molecular weight is 318 g/mol. The molecule has 0 aliphatic rings. The summed E-state index contributed by atoms with van der Waals surface area (Å²) in [7, 11) is -3.99. The van der Waals surface area contributed by atoms with Gasteiger partial charge in [-0.1, -0.05) is 22.0 Å². The lowest BCUT2D eigenvalue weighted by Gasteiger charge is -2.12. The summed E-state index contributed by atoms with van der Waals surface area (Å²) in [6.07, 6.45) is -4.61. The van der Waals surface area contributed by atoms with Crippen LogP contribution in [0.5, 0.6) is 0 Å². The Morgan fingerprint density at radius 3 is 2.31 bits per heavy atom. The fourth-order valence-electron chi connectivity index (χ4n) is 1.16. The van der Waals surface area contributed by atoms with Gasteiger partial charge >= 0.3 is 6.18 Å². The first kappa shape index (κ1) is 13.5. The quantitative estimate of drug-likeness (QED) is 0.909. The molecule has 1 aromatic carbocycles. The van der Waals surface area contributed by atoms with Crippen LogP contribution in [-0.4, -0.2) is 8.42 Å². The van der Waals surface area contributed by atoms with E-state index in [0.717, 1.165) is 12.1 Å². The van der Waals surface area contributed by atoms with Crippen LogP contribution in [0, 0.1) is 0 Å². The van der Waals surface area contributed by atoms with E-state index in [4.69, 9.17) is 5.14 Å². The van der Waals surface area contributed by atoms with E-state index in [-0.39, 0.29) is 10.0 Å². The zero-order chi connectivity index (χ0) is 12.6. The normalized spacial score (nSPS) is 12.8. The Morgan fingerprint density at radius 1 is 1.31 bits per heavy atom. The Balaban J connectivity index is 3.29. The highest BCUT2D eigenvalue weighted by molar-refractivity contribution is 9.10. The molecule has 0 heterocycles. The summed E-state index contributed by atoms with van der Waals surface area (Å²) < 4.78 is 59.4. The monoisotopic (exact) mass is 317 g/mol. The van der Waals surface area contributed by atoms with Crippen LogP contribution in [0.1, 0.15) is 11.1 Å². The van der Waals surface area contributed by atoms with Gasteiger partial charge in [-0.05, 0) is 17.7 Å². The maximum absolute atomic E-state index is 12.5. The zero-order valence-electron chi connectivity index (χ0n) is 7.75. The maximum atomic E-state index is 12.5. The number of nitrogens with two attached hydrogens (primary N) is 1. The summed E-state index contributed by atoms with van der Waals surface area (Å²) >= 11 is 2.89. The number of halogens is 4. The van der Waals surface area contributed by atoms with Crippen molar-refractivity contribution in [1.82, 2.24) is 0 Å². The number of rotatable bonds is 2. The van der Waals surface area contributed by atoms with Gasteiger partial charge in [0.1, 0.15) is 0 Å². The van der Waals surface area contributed by atoms with Crippen LogP contribution >= 0.6 is 15.9 Å². The van der Waals surface area contributed by atoms with Crippen LogP contribution in [-0.2, 0) is 22.0 Å². The van der Waals surface area contributed by atoms with Crippen molar-refractivity contribution >= 4 is 26.0 Å².